The maximum atomic E-state index is 5.55. The highest BCUT2D eigenvalue weighted by atomic mass is 35.5. The van der Waals surface area contributed by atoms with Crippen molar-refractivity contribution in [3.63, 3.8) is 0 Å². The molecule has 0 aliphatic heterocycles. The quantitative estimate of drug-likeness (QED) is 0.325. The Morgan fingerprint density at radius 1 is 0.846 bits per heavy atom. The Bertz CT molecular complexity index is 141. The van der Waals surface area contributed by atoms with Gasteiger partial charge in [0.05, 0.1) is 0 Å². The largest absolute Gasteiger partial charge is 0.127 e. The van der Waals surface area contributed by atoms with E-state index in [-0.39, 0.29) is 0 Å². The Morgan fingerprint density at radius 2 is 1.46 bits per heavy atom. The van der Waals surface area contributed by atoms with Crippen molar-refractivity contribution in [1.82, 2.24) is 0 Å². The van der Waals surface area contributed by atoms with E-state index >= 15 is 0 Å². The van der Waals surface area contributed by atoms with Crippen LogP contribution in [0.25, 0.3) is 0 Å². The Labute approximate surface area is 88.1 Å². The van der Waals surface area contributed by atoms with Crippen molar-refractivity contribution in [2.75, 3.05) is 5.88 Å². The van der Waals surface area contributed by atoms with Crippen LogP contribution in [0.1, 0.15) is 58.3 Å². The molecule has 76 valence electrons. The van der Waals surface area contributed by atoms with E-state index < -0.39 is 0 Å². The van der Waals surface area contributed by atoms with Crippen LogP contribution in [0.3, 0.4) is 0 Å². The van der Waals surface area contributed by atoms with Gasteiger partial charge in [0.15, 0.2) is 0 Å². The zero-order valence-electron chi connectivity index (χ0n) is 8.74. The minimum absolute atomic E-state index is 0.776. The SMILES string of the molecule is CCCCCCC#CCCCCCl. The van der Waals surface area contributed by atoms with Gasteiger partial charge < -0.3 is 0 Å². The normalized spacial score (nSPS) is 9.38. The van der Waals surface area contributed by atoms with Crippen LogP contribution in [0.4, 0.5) is 0 Å². The molecule has 0 N–H and O–H groups in total. The fourth-order valence-electron chi connectivity index (χ4n) is 1.12. The fraction of sp³-hybridized carbons (Fsp3) is 0.833. The minimum atomic E-state index is 0.776. The van der Waals surface area contributed by atoms with Gasteiger partial charge in [-0.1, -0.05) is 26.2 Å². The molecular weight excluding hydrogens is 180 g/mol. The smallest absolute Gasteiger partial charge is 0.0223 e. The van der Waals surface area contributed by atoms with E-state index in [1.807, 2.05) is 0 Å². The maximum Gasteiger partial charge on any atom is 0.0223 e. The molecule has 0 bridgehead atoms. The third-order valence-corrected chi connectivity index (χ3v) is 2.23. The summed E-state index contributed by atoms with van der Waals surface area (Å²) in [6, 6.07) is 0. The van der Waals surface area contributed by atoms with Crippen molar-refractivity contribution >= 4 is 11.6 Å². The summed E-state index contributed by atoms with van der Waals surface area (Å²) in [5, 5.41) is 0. The maximum absolute atomic E-state index is 5.55. The van der Waals surface area contributed by atoms with Crippen molar-refractivity contribution in [3.8, 4) is 11.8 Å². The van der Waals surface area contributed by atoms with Crippen molar-refractivity contribution in [2.24, 2.45) is 0 Å². The van der Waals surface area contributed by atoms with Crippen molar-refractivity contribution < 1.29 is 0 Å². The van der Waals surface area contributed by atoms with Crippen LogP contribution < -0.4 is 0 Å². The second-order valence-corrected chi connectivity index (χ2v) is 3.69. The molecule has 0 spiro atoms. The number of halogens is 1. The molecule has 0 aliphatic rings. The van der Waals surface area contributed by atoms with E-state index in [4.69, 9.17) is 11.6 Å². The Morgan fingerprint density at radius 3 is 2.00 bits per heavy atom. The van der Waals surface area contributed by atoms with Crippen LogP contribution in [-0.4, -0.2) is 5.88 Å². The lowest BCUT2D eigenvalue weighted by molar-refractivity contribution is 0.679. The van der Waals surface area contributed by atoms with Gasteiger partial charge in [-0.05, 0) is 19.3 Å². The molecule has 0 aliphatic carbocycles. The number of rotatable bonds is 7. The molecule has 0 aromatic carbocycles. The highest BCUT2D eigenvalue weighted by Crippen LogP contribution is 2.01. The average molecular weight is 201 g/mol. The van der Waals surface area contributed by atoms with Crippen LogP contribution >= 0.6 is 11.6 Å². The first-order valence-electron chi connectivity index (χ1n) is 5.43. The molecule has 0 aromatic rings. The molecule has 1 heteroatoms. The highest BCUT2D eigenvalue weighted by molar-refractivity contribution is 6.17. The lowest BCUT2D eigenvalue weighted by Gasteiger charge is -1.92. The number of alkyl halides is 1. The average Bonchev–Trinajstić information content (AvgIpc) is 2.16. The summed E-state index contributed by atoms with van der Waals surface area (Å²) in [7, 11) is 0. The molecule has 0 aromatic heterocycles. The van der Waals surface area contributed by atoms with Gasteiger partial charge in [0.25, 0.3) is 0 Å². The lowest BCUT2D eigenvalue weighted by Crippen LogP contribution is -1.76. The molecule has 0 unspecified atom stereocenters. The van der Waals surface area contributed by atoms with Crippen molar-refractivity contribution in [2.45, 2.75) is 58.3 Å². The molecule has 0 saturated carbocycles. The predicted molar refractivity (Wildman–Crippen MR) is 61.1 cm³/mol. The highest BCUT2D eigenvalue weighted by Gasteiger charge is 1.84. The first-order valence-corrected chi connectivity index (χ1v) is 5.97. The summed E-state index contributed by atoms with van der Waals surface area (Å²) in [5.74, 6) is 7.17. The number of hydrogen-bond acceptors (Lipinski definition) is 0. The Balaban J connectivity index is 3.02. The van der Waals surface area contributed by atoms with E-state index in [1.165, 1.54) is 25.7 Å². The summed E-state index contributed by atoms with van der Waals surface area (Å²) in [4.78, 5) is 0. The monoisotopic (exact) mass is 200 g/mol. The summed E-state index contributed by atoms with van der Waals surface area (Å²) >= 11 is 5.55. The summed E-state index contributed by atoms with van der Waals surface area (Å²) < 4.78 is 0. The minimum Gasteiger partial charge on any atom is -0.127 e. The van der Waals surface area contributed by atoms with Crippen LogP contribution in [0, 0.1) is 11.8 Å². The Hall–Kier alpha value is -0.150. The van der Waals surface area contributed by atoms with E-state index in [1.54, 1.807) is 0 Å². The van der Waals surface area contributed by atoms with Gasteiger partial charge in [0.2, 0.25) is 0 Å². The summed E-state index contributed by atoms with van der Waals surface area (Å²) in [6.45, 7) is 2.23. The van der Waals surface area contributed by atoms with Crippen LogP contribution in [0.5, 0.6) is 0 Å². The molecule has 0 nitrogen and oxygen atoms in total. The van der Waals surface area contributed by atoms with E-state index in [2.05, 4.69) is 18.8 Å². The van der Waals surface area contributed by atoms with E-state index in [9.17, 15) is 0 Å². The fourth-order valence-corrected chi connectivity index (χ4v) is 1.31. The second kappa shape index (κ2) is 11.8. The topological polar surface area (TPSA) is 0 Å². The van der Waals surface area contributed by atoms with E-state index in [0.717, 1.165) is 31.6 Å². The van der Waals surface area contributed by atoms with Crippen LogP contribution in [-0.2, 0) is 0 Å². The van der Waals surface area contributed by atoms with Gasteiger partial charge in [-0.3, -0.25) is 0 Å². The number of hydrogen-bond donors (Lipinski definition) is 0. The Kier molecular flexibility index (Phi) is 11.7. The van der Waals surface area contributed by atoms with Crippen LogP contribution in [0.15, 0.2) is 0 Å². The van der Waals surface area contributed by atoms with Crippen LogP contribution in [0.2, 0.25) is 0 Å². The third kappa shape index (κ3) is 11.9. The number of unbranched alkanes of at least 4 members (excludes halogenated alkanes) is 6. The summed E-state index contributed by atoms with van der Waals surface area (Å²) in [5.41, 5.74) is 0. The van der Waals surface area contributed by atoms with E-state index in [0.29, 0.717) is 0 Å². The molecule has 13 heavy (non-hydrogen) atoms. The van der Waals surface area contributed by atoms with Gasteiger partial charge in [-0.15, -0.1) is 23.4 Å². The third-order valence-electron chi connectivity index (χ3n) is 1.97. The molecule has 0 atom stereocenters. The van der Waals surface area contributed by atoms with Gasteiger partial charge in [0.1, 0.15) is 0 Å². The molecule has 0 fully saturated rings. The van der Waals surface area contributed by atoms with Crippen molar-refractivity contribution in [3.05, 3.63) is 0 Å². The second-order valence-electron chi connectivity index (χ2n) is 3.31. The molecular formula is C12H21Cl. The summed E-state index contributed by atoms with van der Waals surface area (Å²) in [6.07, 6.45) is 9.65. The first kappa shape index (κ1) is 12.8. The van der Waals surface area contributed by atoms with Crippen molar-refractivity contribution in [1.29, 1.82) is 0 Å². The lowest BCUT2D eigenvalue weighted by atomic mass is 10.1. The van der Waals surface area contributed by atoms with Gasteiger partial charge >= 0.3 is 0 Å². The van der Waals surface area contributed by atoms with Gasteiger partial charge in [-0.2, -0.15) is 0 Å². The molecule has 0 radical (unpaired) electrons. The molecule has 0 saturated heterocycles. The zero-order valence-corrected chi connectivity index (χ0v) is 9.50. The molecule has 0 amide bonds. The standard InChI is InChI=1S/C12H21Cl/c1-2-3-4-5-6-7-8-9-10-11-12-13/h2-6,9-12H2,1H3. The molecule has 0 heterocycles. The van der Waals surface area contributed by atoms with Gasteiger partial charge in [-0.25, -0.2) is 0 Å². The first-order chi connectivity index (χ1) is 6.41. The predicted octanol–water partition coefficient (Wildman–Crippen LogP) is 4.37. The molecule has 0 rings (SSSR count). The van der Waals surface area contributed by atoms with Gasteiger partial charge in [0, 0.05) is 18.7 Å². The zero-order chi connectivity index (χ0) is 9.78.